The Hall–Kier alpha value is -1.48. The number of fused-ring (bicyclic) bond motifs is 1. The maximum atomic E-state index is 4.45. The third-order valence-corrected chi connectivity index (χ3v) is 4.81. The van der Waals surface area contributed by atoms with Crippen LogP contribution in [-0.2, 0) is 0 Å². The highest BCUT2D eigenvalue weighted by Crippen LogP contribution is 2.37. The third kappa shape index (κ3) is 3.24. The normalized spacial score (nSPS) is 24.1. The minimum atomic E-state index is 0.453. The lowest BCUT2D eigenvalue weighted by atomic mass is 9.77. The second kappa shape index (κ2) is 6.52. The van der Waals surface area contributed by atoms with Crippen molar-refractivity contribution in [3.63, 3.8) is 0 Å². The number of nitrogens with one attached hydrogen (secondary N) is 1. The first-order valence-corrected chi connectivity index (χ1v) is 8.22. The number of aromatic nitrogens is 2. The van der Waals surface area contributed by atoms with Crippen LogP contribution in [0.1, 0.15) is 51.1 Å². The summed E-state index contributed by atoms with van der Waals surface area (Å²) in [5, 5.41) is 3.70. The summed E-state index contributed by atoms with van der Waals surface area (Å²) in [5.41, 5.74) is 3.35. The van der Waals surface area contributed by atoms with Gasteiger partial charge in [0, 0.05) is 18.4 Å². The van der Waals surface area contributed by atoms with Gasteiger partial charge in [0.15, 0.2) is 0 Å². The molecule has 0 spiro atoms. The van der Waals surface area contributed by atoms with Crippen LogP contribution in [0, 0.1) is 11.8 Å². The van der Waals surface area contributed by atoms with Gasteiger partial charge in [-0.2, -0.15) is 0 Å². The molecule has 0 aliphatic heterocycles. The van der Waals surface area contributed by atoms with Crippen molar-refractivity contribution < 1.29 is 0 Å². The lowest BCUT2D eigenvalue weighted by molar-refractivity contribution is 0.233. The first-order valence-electron chi connectivity index (χ1n) is 8.22. The van der Waals surface area contributed by atoms with Gasteiger partial charge in [-0.05, 0) is 48.9 Å². The lowest BCUT2D eigenvalue weighted by Crippen LogP contribution is -2.30. The summed E-state index contributed by atoms with van der Waals surface area (Å²) in [7, 11) is 0. The van der Waals surface area contributed by atoms with Crippen molar-refractivity contribution in [3.8, 4) is 0 Å². The first-order chi connectivity index (χ1) is 10.3. The van der Waals surface area contributed by atoms with E-state index in [1.54, 1.807) is 12.4 Å². The van der Waals surface area contributed by atoms with Crippen LogP contribution in [0.15, 0.2) is 30.6 Å². The average Bonchev–Trinajstić information content (AvgIpc) is 2.53. The Morgan fingerprint density at radius 2 is 1.81 bits per heavy atom. The molecule has 0 saturated heterocycles. The third-order valence-electron chi connectivity index (χ3n) is 4.81. The monoisotopic (exact) mass is 283 g/mol. The molecule has 1 aromatic heterocycles. The van der Waals surface area contributed by atoms with Crippen molar-refractivity contribution in [2.24, 2.45) is 11.8 Å². The van der Waals surface area contributed by atoms with E-state index in [1.807, 2.05) is 0 Å². The fraction of sp³-hybridized carbons (Fsp3) is 0.556. The van der Waals surface area contributed by atoms with Gasteiger partial charge < -0.3 is 5.32 Å². The standard InChI is InChI=1S/C18H25N3/c1-3-19-18(14-6-4-13(2)5-7-14)15-8-9-16-17(12-15)21-11-10-20-16/h8-14,18-19H,3-7H2,1-2H3. The summed E-state index contributed by atoms with van der Waals surface area (Å²) >= 11 is 0. The van der Waals surface area contributed by atoms with Crippen LogP contribution in [0.25, 0.3) is 11.0 Å². The van der Waals surface area contributed by atoms with Crippen molar-refractivity contribution in [1.29, 1.82) is 0 Å². The molecule has 0 amide bonds. The molecule has 2 aromatic rings. The molecule has 3 heteroatoms. The van der Waals surface area contributed by atoms with Crippen LogP contribution in [0.2, 0.25) is 0 Å². The number of hydrogen-bond acceptors (Lipinski definition) is 3. The molecule has 3 rings (SSSR count). The van der Waals surface area contributed by atoms with Crippen LogP contribution < -0.4 is 5.32 Å². The molecule has 1 heterocycles. The van der Waals surface area contributed by atoms with Crippen molar-refractivity contribution in [3.05, 3.63) is 36.2 Å². The average molecular weight is 283 g/mol. The van der Waals surface area contributed by atoms with Gasteiger partial charge in [-0.1, -0.05) is 32.8 Å². The summed E-state index contributed by atoms with van der Waals surface area (Å²) in [4.78, 5) is 8.82. The Labute approximate surface area is 127 Å². The van der Waals surface area contributed by atoms with E-state index in [0.29, 0.717) is 6.04 Å². The highest BCUT2D eigenvalue weighted by atomic mass is 14.9. The molecule has 21 heavy (non-hydrogen) atoms. The van der Waals surface area contributed by atoms with Crippen molar-refractivity contribution in [2.75, 3.05) is 6.54 Å². The topological polar surface area (TPSA) is 37.8 Å². The van der Waals surface area contributed by atoms with E-state index in [9.17, 15) is 0 Å². The molecule has 1 aliphatic carbocycles. The molecule has 0 bridgehead atoms. The second-order valence-corrected chi connectivity index (χ2v) is 6.36. The SMILES string of the molecule is CCNC(c1ccc2nccnc2c1)C1CCC(C)CC1. The molecule has 0 radical (unpaired) electrons. The van der Waals surface area contributed by atoms with Gasteiger partial charge in [-0.25, -0.2) is 0 Å². The van der Waals surface area contributed by atoms with E-state index in [0.717, 1.165) is 29.4 Å². The second-order valence-electron chi connectivity index (χ2n) is 6.36. The van der Waals surface area contributed by atoms with Gasteiger partial charge in [-0.3, -0.25) is 9.97 Å². The van der Waals surface area contributed by atoms with Gasteiger partial charge >= 0.3 is 0 Å². The zero-order valence-electron chi connectivity index (χ0n) is 13.0. The molecule has 1 unspecified atom stereocenters. The van der Waals surface area contributed by atoms with E-state index in [1.165, 1.54) is 31.2 Å². The van der Waals surface area contributed by atoms with Gasteiger partial charge in [0.25, 0.3) is 0 Å². The van der Waals surface area contributed by atoms with Crippen LogP contribution in [0.3, 0.4) is 0 Å². The van der Waals surface area contributed by atoms with E-state index >= 15 is 0 Å². The Morgan fingerprint density at radius 3 is 2.52 bits per heavy atom. The fourth-order valence-corrected chi connectivity index (χ4v) is 3.57. The fourth-order valence-electron chi connectivity index (χ4n) is 3.57. The van der Waals surface area contributed by atoms with E-state index in [-0.39, 0.29) is 0 Å². The minimum Gasteiger partial charge on any atom is -0.310 e. The molecule has 1 saturated carbocycles. The maximum absolute atomic E-state index is 4.45. The van der Waals surface area contributed by atoms with Gasteiger partial charge in [-0.15, -0.1) is 0 Å². The maximum Gasteiger partial charge on any atom is 0.0890 e. The van der Waals surface area contributed by atoms with Gasteiger partial charge in [0.1, 0.15) is 0 Å². The molecule has 3 nitrogen and oxygen atoms in total. The highest BCUT2D eigenvalue weighted by molar-refractivity contribution is 5.74. The summed E-state index contributed by atoms with van der Waals surface area (Å²) in [6.45, 7) is 5.58. The minimum absolute atomic E-state index is 0.453. The number of rotatable bonds is 4. The summed E-state index contributed by atoms with van der Waals surface area (Å²) < 4.78 is 0. The lowest BCUT2D eigenvalue weighted by Gasteiger charge is -2.33. The van der Waals surface area contributed by atoms with Crippen molar-refractivity contribution in [2.45, 2.75) is 45.6 Å². The van der Waals surface area contributed by atoms with Crippen molar-refractivity contribution >= 4 is 11.0 Å². The van der Waals surface area contributed by atoms with Gasteiger partial charge in [0.05, 0.1) is 11.0 Å². The van der Waals surface area contributed by atoms with E-state index in [4.69, 9.17) is 0 Å². The largest absolute Gasteiger partial charge is 0.310 e. The quantitative estimate of drug-likeness (QED) is 0.917. The molecular weight excluding hydrogens is 258 g/mol. The number of benzene rings is 1. The van der Waals surface area contributed by atoms with E-state index < -0.39 is 0 Å². The Bertz CT molecular complexity index is 588. The van der Waals surface area contributed by atoms with Crippen molar-refractivity contribution in [1.82, 2.24) is 15.3 Å². The highest BCUT2D eigenvalue weighted by Gasteiger charge is 2.26. The van der Waals surface area contributed by atoms with Crippen LogP contribution in [-0.4, -0.2) is 16.5 Å². The van der Waals surface area contributed by atoms with Crippen LogP contribution >= 0.6 is 0 Å². The summed E-state index contributed by atoms with van der Waals surface area (Å²) in [6, 6.07) is 7.00. The van der Waals surface area contributed by atoms with Gasteiger partial charge in [0.2, 0.25) is 0 Å². The predicted molar refractivity (Wildman–Crippen MR) is 87.1 cm³/mol. The molecule has 1 aromatic carbocycles. The molecule has 112 valence electrons. The van der Waals surface area contributed by atoms with Crippen LogP contribution in [0.4, 0.5) is 0 Å². The Balaban J connectivity index is 1.87. The Morgan fingerprint density at radius 1 is 1.10 bits per heavy atom. The zero-order valence-corrected chi connectivity index (χ0v) is 13.0. The molecule has 1 aliphatic rings. The smallest absolute Gasteiger partial charge is 0.0890 e. The molecular formula is C18H25N3. The number of nitrogens with zero attached hydrogens (tertiary/aromatic N) is 2. The molecule has 1 N–H and O–H groups in total. The first kappa shape index (κ1) is 14.5. The summed E-state index contributed by atoms with van der Waals surface area (Å²) in [5.74, 6) is 1.64. The predicted octanol–water partition coefficient (Wildman–Crippen LogP) is 4.11. The Kier molecular flexibility index (Phi) is 4.49. The summed E-state index contributed by atoms with van der Waals surface area (Å²) in [6.07, 6.45) is 8.91. The number of hydrogen-bond donors (Lipinski definition) is 1. The molecule has 1 fully saturated rings. The molecule has 1 atom stereocenters. The zero-order chi connectivity index (χ0) is 14.7. The van der Waals surface area contributed by atoms with Crippen LogP contribution in [0.5, 0.6) is 0 Å². The van der Waals surface area contributed by atoms with E-state index in [2.05, 4.69) is 47.3 Å².